The van der Waals surface area contributed by atoms with Crippen molar-refractivity contribution in [2.75, 3.05) is 24.6 Å². The average molecular weight is 389 g/mol. The Balaban J connectivity index is 2.14. The van der Waals surface area contributed by atoms with E-state index in [1.165, 1.54) is 16.6 Å². The van der Waals surface area contributed by atoms with Crippen molar-refractivity contribution in [2.45, 2.75) is 31.2 Å². The molecule has 0 aromatic carbocycles. The lowest BCUT2D eigenvalue weighted by Gasteiger charge is -2.24. The summed E-state index contributed by atoms with van der Waals surface area (Å²) in [6.45, 7) is 4.45. The van der Waals surface area contributed by atoms with Gasteiger partial charge in [-0.05, 0) is 12.0 Å². The number of aromatic nitrogens is 1. The van der Waals surface area contributed by atoms with Gasteiger partial charge >= 0.3 is 5.97 Å². The molecule has 10 heteroatoms. The highest BCUT2D eigenvalue weighted by Gasteiger charge is 2.29. The number of aromatic amines is 1. The van der Waals surface area contributed by atoms with Crippen LogP contribution in [0.4, 0.5) is 0 Å². The zero-order valence-corrected chi connectivity index (χ0v) is 15.8. The van der Waals surface area contributed by atoms with Crippen LogP contribution >= 0.6 is 11.8 Å². The van der Waals surface area contributed by atoms with E-state index < -0.39 is 27.9 Å². The van der Waals surface area contributed by atoms with Crippen LogP contribution in [0.5, 0.6) is 0 Å². The molecule has 1 aromatic heterocycles. The number of sulfonamides is 1. The maximum atomic E-state index is 12.6. The summed E-state index contributed by atoms with van der Waals surface area (Å²) in [5, 5.41) is 11.7. The number of carboxylic acid groups (broad SMARTS) is 1. The second kappa shape index (κ2) is 8.24. The normalized spacial score (nSPS) is 18.5. The van der Waals surface area contributed by atoms with Crippen LogP contribution in [-0.2, 0) is 14.8 Å². The van der Waals surface area contributed by atoms with Gasteiger partial charge in [0.25, 0.3) is 5.91 Å². The van der Waals surface area contributed by atoms with Gasteiger partial charge in [-0.25, -0.2) is 13.2 Å². The number of amides is 1. The number of carbonyl (C=O) groups is 2. The Labute approximate surface area is 151 Å². The molecule has 1 amide bonds. The second-order valence-electron chi connectivity index (χ2n) is 5.94. The van der Waals surface area contributed by atoms with Crippen molar-refractivity contribution in [1.82, 2.24) is 14.6 Å². The zero-order valence-electron chi connectivity index (χ0n) is 14.2. The molecule has 3 N–H and O–H groups in total. The summed E-state index contributed by atoms with van der Waals surface area (Å²) in [4.78, 5) is 26.2. The average Bonchev–Trinajstić information content (AvgIpc) is 3.10. The van der Waals surface area contributed by atoms with Crippen LogP contribution in [0.15, 0.2) is 17.2 Å². The van der Waals surface area contributed by atoms with Gasteiger partial charge in [-0.2, -0.15) is 16.1 Å². The molecule has 8 nitrogen and oxygen atoms in total. The Bertz CT molecular complexity index is 725. The van der Waals surface area contributed by atoms with Crippen LogP contribution in [0, 0.1) is 5.92 Å². The van der Waals surface area contributed by atoms with E-state index in [1.807, 2.05) is 6.92 Å². The van der Waals surface area contributed by atoms with Gasteiger partial charge in [-0.15, -0.1) is 0 Å². The van der Waals surface area contributed by atoms with E-state index in [2.05, 4.69) is 10.3 Å². The Hall–Kier alpha value is -1.52. The molecule has 1 fully saturated rings. The monoisotopic (exact) mass is 389 g/mol. The molecule has 1 aliphatic heterocycles. The van der Waals surface area contributed by atoms with E-state index in [9.17, 15) is 23.1 Å². The minimum Gasteiger partial charge on any atom is -0.480 e. The summed E-state index contributed by atoms with van der Waals surface area (Å²) in [5.41, 5.74) is 0.0273. The van der Waals surface area contributed by atoms with E-state index in [0.29, 0.717) is 19.5 Å². The van der Waals surface area contributed by atoms with E-state index in [4.69, 9.17) is 0 Å². The molecule has 0 spiro atoms. The van der Waals surface area contributed by atoms with Crippen molar-refractivity contribution in [1.29, 1.82) is 0 Å². The van der Waals surface area contributed by atoms with Crippen molar-refractivity contribution in [3.8, 4) is 0 Å². The van der Waals surface area contributed by atoms with Crippen molar-refractivity contribution >= 4 is 33.7 Å². The predicted molar refractivity (Wildman–Crippen MR) is 95.2 cm³/mol. The molecule has 2 heterocycles. The molecule has 2 atom stereocenters. The van der Waals surface area contributed by atoms with Crippen LogP contribution in [0.2, 0.25) is 0 Å². The lowest BCUT2D eigenvalue weighted by Crippen LogP contribution is -2.45. The van der Waals surface area contributed by atoms with Gasteiger partial charge < -0.3 is 15.4 Å². The fourth-order valence-electron chi connectivity index (χ4n) is 2.49. The molecule has 0 saturated carbocycles. The molecule has 140 valence electrons. The van der Waals surface area contributed by atoms with Gasteiger partial charge in [0.05, 0.1) is 0 Å². The lowest BCUT2D eigenvalue weighted by molar-refractivity contribution is -0.140. The quantitative estimate of drug-likeness (QED) is 0.639. The summed E-state index contributed by atoms with van der Waals surface area (Å²) in [7, 11) is -3.65. The number of carbonyl (C=O) groups excluding carboxylic acids is 1. The van der Waals surface area contributed by atoms with Crippen LogP contribution < -0.4 is 5.32 Å². The van der Waals surface area contributed by atoms with Gasteiger partial charge in [-0.1, -0.05) is 20.3 Å². The third kappa shape index (κ3) is 4.56. The predicted octanol–water partition coefficient (Wildman–Crippen LogP) is 0.981. The first-order valence-electron chi connectivity index (χ1n) is 8.07. The number of nitrogens with zero attached hydrogens (tertiary/aromatic N) is 1. The topological polar surface area (TPSA) is 120 Å². The van der Waals surface area contributed by atoms with Gasteiger partial charge in [-0.3, -0.25) is 4.79 Å². The number of H-pyrrole nitrogens is 1. The first-order valence-corrected chi connectivity index (χ1v) is 10.7. The summed E-state index contributed by atoms with van der Waals surface area (Å²) in [6, 6.07) is 0.224. The molecule has 0 unspecified atom stereocenters. The number of thioether (sulfide) groups is 1. The van der Waals surface area contributed by atoms with Crippen LogP contribution in [-0.4, -0.2) is 65.3 Å². The van der Waals surface area contributed by atoms with Gasteiger partial charge in [0.1, 0.15) is 16.6 Å². The molecular formula is C15H23N3O5S2. The van der Waals surface area contributed by atoms with Gasteiger partial charge in [0.2, 0.25) is 10.0 Å². The van der Waals surface area contributed by atoms with Crippen LogP contribution in [0.25, 0.3) is 0 Å². The van der Waals surface area contributed by atoms with Crippen molar-refractivity contribution in [2.24, 2.45) is 5.92 Å². The van der Waals surface area contributed by atoms with E-state index >= 15 is 0 Å². The van der Waals surface area contributed by atoms with Gasteiger partial charge in [0.15, 0.2) is 0 Å². The van der Waals surface area contributed by atoms with Crippen molar-refractivity contribution in [3.05, 3.63) is 18.0 Å². The maximum Gasteiger partial charge on any atom is 0.326 e. The fourth-order valence-corrected chi connectivity index (χ4v) is 5.06. The lowest BCUT2D eigenvalue weighted by atomic mass is 9.99. The summed E-state index contributed by atoms with van der Waals surface area (Å²) in [6.07, 6.45) is 1.86. The molecule has 0 bridgehead atoms. The molecule has 1 saturated heterocycles. The largest absolute Gasteiger partial charge is 0.480 e. The number of hydrogen-bond acceptors (Lipinski definition) is 5. The smallest absolute Gasteiger partial charge is 0.326 e. The Morgan fingerprint density at radius 1 is 1.40 bits per heavy atom. The van der Waals surface area contributed by atoms with Crippen LogP contribution in [0.1, 0.15) is 30.8 Å². The Morgan fingerprint density at radius 2 is 2.04 bits per heavy atom. The van der Waals surface area contributed by atoms with Crippen LogP contribution in [0.3, 0.4) is 0 Å². The fraction of sp³-hybridized carbons (Fsp3) is 0.600. The number of hydrogen-bond donors (Lipinski definition) is 3. The van der Waals surface area contributed by atoms with Gasteiger partial charge in [0, 0.05) is 30.8 Å². The summed E-state index contributed by atoms with van der Waals surface area (Å²) in [5.74, 6) is -0.514. The third-order valence-corrected chi connectivity index (χ3v) is 7.09. The molecule has 1 aliphatic rings. The highest BCUT2D eigenvalue weighted by molar-refractivity contribution is 7.99. The van der Waals surface area contributed by atoms with E-state index in [0.717, 1.165) is 11.5 Å². The summed E-state index contributed by atoms with van der Waals surface area (Å²) >= 11 is 1.70. The molecule has 0 aliphatic carbocycles. The first-order chi connectivity index (χ1) is 11.8. The second-order valence-corrected chi connectivity index (χ2v) is 9.10. The molecule has 1 aromatic rings. The number of aliphatic carboxylic acids is 1. The summed E-state index contributed by atoms with van der Waals surface area (Å²) < 4.78 is 26.6. The standard InChI is InChI=1S/C15H23N3O5S2/c1-3-10(2)13(15(20)21)17-14(19)12-8-11(9-16-12)25(22,23)18-4-6-24-7-5-18/h8-10,13,16H,3-7H2,1-2H3,(H,17,19)(H,20,21)/t10-,13-/m0/s1. The van der Waals surface area contributed by atoms with Crippen molar-refractivity contribution in [3.63, 3.8) is 0 Å². The Morgan fingerprint density at radius 3 is 2.60 bits per heavy atom. The highest BCUT2D eigenvalue weighted by Crippen LogP contribution is 2.21. The minimum absolute atomic E-state index is 0.0139. The Kier molecular flexibility index (Phi) is 6.53. The van der Waals surface area contributed by atoms with E-state index in [1.54, 1.807) is 18.7 Å². The van der Waals surface area contributed by atoms with Crippen molar-refractivity contribution < 1.29 is 23.1 Å². The number of rotatable bonds is 7. The van der Waals surface area contributed by atoms with E-state index in [-0.39, 0.29) is 16.5 Å². The highest BCUT2D eigenvalue weighted by atomic mass is 32.2. The number of carboxylic acids is 1. The maximum absolute atomic E-state index is 12.6. The minimum atomic E-state index is -3.65. The molecule has 2 rings (SSSR count). The molecule has 0 radical (unpaired) electrons. The molecule has 25 heavy (non-hydrogen) atoms. The number of nitrogens with one attached hydrogen (secondary N) is 2. The zero-order chi connectivity index (χ0) is 18.6. The SMILES string of the molecule is CC[C@H](C)[C@H](NC(=O)c1cc(S(=O)(=O)N2CCSCC2)c[nH]1)C(=O)O. The molecular weight excluding hydrogens is 366 g/mol. The third-order valence-electron chi connectivity index (χ3n) is 4.27. The first kappa shape index (κ1) is 19.8.